The summed E-state index contributed by atoms with van der Waals surface area (Å²) in [5, 5.41) is 8.44. The molecule has 2 rings (SSSR count). The average molecular weight is 282 g/mol. The maximum absolute atomic E-state index is 11.0. The van der Waals surface area contributed by atoms with Crippen LogP contribution in [0.5, 0.6) is 0 Å². The number of benzene rings is 1. The summed E-state index contributed by atoms with van der Waals surface area (Å²) < 4.78 is 22.0. The molecule has 1 fully saturated rings. The first-order chi connectivity index (χ1) is 9.03. The Labute approximate surface area is 115 Å². The van der Waals surface area contributed by atoms with Crippen LogP contribution in [0.4, 0.5) is 5.69 Å². The zero-order valence-electron chi connectivity index (χ0n) is 11.1. The van der Waals surface area contributed by atoms with Gasteiger partial charge >= 0.3 is 0 Å². The highest BCUT2D eigenvalue weighted by Gasteiger charge is 2.12. The molecule has 0 aromatic heterocycles. The maximum Gasteiger partial charge on any atom is 0.213 e. The third kappa shape index (κ3) is 5.20. The van der Waals surface area contributed by atoms with Gasteiger partial charge in [0.25, 0.3) is 0 Å². The Kier molecular flexibility index (Phi) is 4.82. The van der Waals surface area contributed by atoms with Gasteiger partial charge in [-0.15, -0.1) is 0 Å². The van der Waals surface area contributed by atoms with Crippen LogP contribution >= 0.6 is 0 Å². The van der Waals surface area contributed by atoms with Gasteiger partial charge in [0.1, 0.15) is 0 Å². The number of anilines is 1. The minimum Gasteiger partial charge on any atom is -0.385 e. The van der Waals surface area contributed by atoms with Gasteiger partial charge in [0.2, 0.25) is 10.0 Å². The van der Waals surface area contributed by atoms with Gasteiger partial charge in [-0.05, 0) is 36.5 Å². The van der Waals surface area contributed by atoms with E-state index in [1.807, 2.05) is 24.3 Å². The molecule has 0 spiro atoms. The van der Waals surface area contributed by atoms with E-state index in [9.17, 15) is 8.42 Å². The number of rotatable bonds is 5. The lowest BCUT2D eigenvalue weighted by Crippen LogP contribution is -2.17. The summed E-state index contributed by atoms with van der Waals surface area (Å²) in [7, 11) is -3.44. The van der Waals surface area contributed by atoms with Crippen molar-refractivity contribution in [3.05, 3.63) is 29.8 Å². The first kappa shape index (κ1) is 14.3. The number of hydrogen-bond donors (Lipinski definition) is 2. The third-order valence-corrected chi connectivity index (χ3v) is 4.38. The molecule has 5 heteroatoms. The van der Waals surface area contributed by atoms with Crippen molar-refractivity contribution in [1.82, 2.24) is 0 Å². The van der Waals surface area contributed by atoms with Crippen LogP contribution in [0.25, 0.3) is 0 Å². The Morgan fingerprint density at radius 1 is 1.11 bits per heavy atom. The lowest BCUT2D eigenvalue weighted by Gasteiger charge is -2.22. The minimum atomic E-state index is -3.44. The van der Waals surface area contributed by atoms with Crippen LogP contribution in [0.2, 0.25) is 0 Å². The number of primary sulfonamides is 1. The number of nitrogens with one attached hydrogen (secondary N) is 1. The van der Waals surface area contributed by atoms with Gasteiger partial charge < -0.3 is 5.32 Å². The first-order valence-corrected chi connectivity index (χ1v) is 8.58. The highest BCUT2D eigenvalue weighted by Crippen LogP contribution is 2.24. The topological polar surface area (TPSA) is 72.2 Å². The molecule has 0 bridgehead atoms. The molecule has 1 saturated carbocycles. The molecule has 19 heavy (non-hydrogen) atoms. The second-order valence-corrected chi connectivity index (χ2v) is 7.00. The van der Waals surface area contributed by atoms with Crippen LogP contribution in [-0.4, -0.2) is 15.0 Å². The molecule has 0 heterocycles. The third-order valence-electron chi connectivity index (χ3n) is 3.64. The van der Waals surface area contributed by atoms with Gasteiger partial charge in [-0.2, -0.15) is 0 Å². The van der Waals surface area contributed by atoms with Crippen LogP contribution < -0.4 is 10.5 Å². The molecular formula is C14H22N2O2S. The van der Waals surface area contributed by atoms with Crippen molar-refractivity contribution in [2.45, 2.75) is 37.9 Å². The van der Waals surface area contributed by atoms with E-state index in [0.717, 1.165) is 23.7 Å². The molecular weight excluding hydrogens is 260 g/mol. The van der Waals surface area contributed by atoms with Gasteiger partial charge in [-0.3, -0.25) is 0 Å². The van der Waals surface area contributed by atoms with Crippen LogP contribution in [0, 0.1) is 5.92 Å². The van der Waals surface area contributed by atoms with Crippen molar-refractivity contribution < 1.29 is 8.42 Å². The van der Waals surface area contributed by atoms with Crippen LogP contribution in [0.3, 0.4) is 0 Å². The molecule has 0 unspecified atom stereocenters. The zero-order valence-corrected chi connectivity index (χ0v) is 12.0. The molecule has 1 aromatic rings. The van der Waals surface area contributed by atoms with E-state index in [2.05, 4.69) is 5.32 Å². The fourth-order valence-electron chi connectivity index (χ4n) is 2.60. The van der Waals surface area contributed by atoms with E-state index in [1.54, 1.807) is 0 Å². The monoisotopic (exact) mass is 282 g/mol. The second-order valence-electron chi connectivity index (χ2n) is 5.39. The van der Waals surface area contributed by atoms with Gasteiger partial charge in [0, 0.05) is 12.2 Å². The van der Waals surface area contributed by atoms with Gasteiger partial charge in [0.15, 0.2) is 0 Å². The predicted molar refractivity (Wildman–Crippen MR) is 78.3 cm³/mol. The number of nitrogens with two attached hydrogens (primary N) is 1. The highest BCUT2D eigenvalue weighted by molar-refractivity contribution is 7.88. The second kappa shape index (κ2) is 6.39. The lowest BCUT2D eigenvalue weighted by molar-refractivity contribution is 0.373. The molecule has 0 aliphatic heterocycles. The quantitative estimate of drug-likeness (QED) is 0.871. The van der Waals surface area contributed by atoms with Gasteiger partial charge in [0.05, 0.1) is 5.75 Å². The minimum absolute atomic E-state index is 0.101. The molecule has 0 atom stereocenters. The Hall–Kier alpha value is -1.07. The van der Waals surface area contributed by atoms with Crippen molar-refractivity contribution in [3.8, 4) is 0 Å². The highest BCUT2D eigenvalue weighted by atomic mass is 32.2. The van der Waals surface area contributed by atoms with Crippen molar-refractivity contribution in [3.63, 3.8) is 0 Å². The Bertz CT molecular complexity index is 491. The van der Waals surface area contributed by atoms with Crippen molar-refractivity contribution in [2.75, 3.05) is 11.9 Å². The number of sulfonamides is 1. The molecule has 0 amide bonds. The summed E-state index contributed by atoms with van der Waals surface area (Å²) in [5.41, 5.74) is 1.77. The summed E-state index contributed by atoms with van der Waals surface area (Å²) >= 11 is 0. The van der Waals surface area contributed by atoms with Crippen LogP contribution in [-0.2, 0) is 15.8 Å². The maximum atomic E-state index is 11.0. The molecule has 106 valence electrons. The smallest absolute Gasteiger partial charge is 0.213 e. The Morgan fingerprint density at radius 2 is 1.74 bits per heavy atom. The summed E-state index contributed by atoms with van der Waals surface area (Å²) in [6.45, 7) is 1.01. The molecule has 3 N–H and O–H groups in total. The van der Waals surface area contributed by atoms with Crippen LogP contribution in [0.15, 0.2) is 24.3 Å². The van der Waals surface area contributed by atoms with Crippen LogP contribution in [0.1, 0.15) is 37.7 Å². The predicted octanol–water partition coefficient (Wildman–Crippen LogP) is 2.47. The van der Waals surface area contributed by atoms with E-state index in [-0.39, 0.29) is 5.75 Å². The fourth-order valence-corrected chi connectivity index (χ4v) is 3.26. The average Bonchev–Trinajstić information content (AvgIpc) is 2.37. The SMILES string of the molecule is NS(=O)(=O)Cc1ccc(NCC2CCCCC2)cc1. The van der Waals surface area contributed by atoms with Gasteiger partial charge in [-0.1, -0.05) is 31.4 Å². The standard InChI is InChI=1S/C14H22N2O2S/c15-19(17,18)11-13-6-8-14(9-7-13)16-10-12-4-2-1-3-5-12/h6-9,12,16H,1-5,10-11H2,(H2,15,17,18). The molecule has 0 saturated heterocycles. The van der Waals surface area contributed by atoms with E-state index in [1.165, 1.54) is 32.1 Å². The van der Waals surface area contributed by atoms with Crippen molar-refractivity contribution in [1.29, 1.82) is 0 Å². The molecule has 1 aromatic carbocycles. The largest absolute Gasteiger partial charge is 0.385 e. The van der Waals surface area contributed by atoms with Crippen molar-refractivity contribution >= 4 is 15.7 Å². The normalized spacial score (nSPS) is 17.3. The van der Waals surface area contributed by atoms with E-state index in [4.69, 9.17) is 5.14 Å². The zero-order chi connectivity index (χ0) is 13.7. The molecule has 1 aliphatic carbocycles. The van der Waals surface area contributed by atoms with E-state index >= 15 is 0 Å². The first-order valence-electron chi connectivity index (χ1n) is 6.86. The van der Waals surface area contributed by atoms with E-state index < -0.39 is 10.0 Å². The summed E-state index contributed by atoms with van der Waals surface area (Å²) in [5.74, 6) is 0.674. The van der Waals surface area contributed by atoms with Gasteiger partial charge in [-0.25, -0.2) is 13.6 Å². The summed E-state index contributed by atoms with van der Waals surface area (Å²) in [4.78, 5) is 0. The van der Waals surface area contributed by atoms with Crippen molar-refractivity contribution in [2.24, 2.45) is 11.1 Å². The fraction of sp³-hybridized carbons (Fsp3) is 0.571. The Balaban J connectivity index is 1.84. The summed E-state index contributed by atoms with van der Waals surface area (Å²) in [6.07, 6.45) is 6.70. The molecule has 4 nitrogen and oxygen atoms in total. The van der Waals surface area contributed by atoms with E-state index in [0.29, 0.717) is 0 Å². The molecule has 0 radical (unpaired) electrons. The molecule has 1 aliphatic rings. The number of hydrogen-bond acceptors (Lipinski definition) is 3. The lowest BCUT2D eigenvalue weighted by atomic mass is 9.89. The summed E-state index contributed by atoms with van der Waals surface area (Å²) in [6, 6.07) is 7.47. The Morgan fingerprint density at radius 3 is 2.32 bits per heavy atom.